The molecule has 0 saturated heterocycles. The average Bonchev–Trinajstić information content (AvgIpc) is 2.54. The highest BCUT2D eigenvalue weighted by Gasteiger charge is 2.13. The summed E-state index contributed by atoms with van der Waals surface area (Å²) >= 11 is 0. The summed E-state index contributed by atoms with van der Waals surface area (Å²) in [6.07, 6.45) is 1.07. The number of ether oxygens (including phenoxy) is 2. The van der Waals surface area contributed by atoms with Gasteiger partial charge in [0.1, 0.15) is 0 Å². The first-order valence-corrected chi connectivity index (χ1v) is 7.85. The van der Waals surface area contributed by atoms with Crippen LogP contribution >= 0.6 is 0 Å². The Bertz CT molecular complexity index is 444. The first kappa shape index (κ1) is 22.6. The topological polar surface area (TPSA) is 171 Å². The van der Waals surface area contributed by atoms with Crippen molar-refractivity contribution in [1.82, 2.24) is 5.32 Å². The van der Waals surface area contributed by atoms with Crippen molar-refractivity contribution in [2.45, 2.75) is 38.1 Å². The van der Waals surface area contributed by atoms with Gasteiger partial charge in [-0.05, 0) is 18.4 Å². The van der Waals surface area contributed by atoms with E-state index in [-0.39, 0.29) is 51.6 Å². The summed E-state index contributed by atoms with van der Waals surface area (Å²) in [5.41, 5.74) is 8.15. The molecule has 0 saturated carbocycles. The number of carboxylic acids is 2. The molecule has 0 radical (unpaired) electrons. The summed E-state index contributed by atoms with van der Waals surface area (Å²) in [7, 11) is 0. The van der Waals surface area contributed by atoms with Crippen molar-refractivity contribution in [1.29, 1.82) is 0 Å². The lowest BCUT2D eigenvalue weighted by Gasteiger charge is -2.19. The van der Waals surface area contributed by atoms with Crippen LogP contribution in [0, 0.1) is 0 Å². The van der Waals surface area contributed by atoms with Crippen LogP contribution in [0.5, 0.6) is 0 Å². The van der Waals surface area contributed by atoms with E-state index >= 15 is 0 Å². The van der Waals surface area contributed by atoms with Gasteiger partial charge in [0.15, 0.2) is 0 Å². The van der Waals surface area contributed by atoms with E-state index in [4.69, 9.17) is 25.2 Å². The van der Waals surface area contributed by atoms with Gasteiger partial charge in [-0.3, -0.25) is 14.4 Å². The zero-order chi connectivity index (χ0) is 18.9. The second kappa shape index (κ2) is 15.2. The first-order chi connectivity index (χ1) is 12.0. The Hall–Kier alpha value is -2.36. The molecule has 11 heteroatoms. The van der Waals surface area contributed by atoms with Crippen LogP contribution in [-0.2, 0) is 23.9 Å². The predicted octanol–water partition coefficient (Wildman–Crippen LogP) is 0.934. The molecule has 0 aromatic rings. The normalized spacial score (nSPS) is 10.3. The van der Waals surface area contributed by atoms with Gasteiger partial charge in [-0.2, -0.15) is 0 Å². The molecule has 11 nitrogen and oxygen atoms in total. The van der Waals surface area contributed by atoms with Gasteiger partial charge in [0.05, 0.1) is 45.3 Å². The lowest BCUT2D eigenvalue weighted by molar-refractivity contribution is -0.139. The van der Waals surface area contributed by atoms with E-state index in [0.29, 0.717) is 19.4 Å². The van der Waals surface area contributed by atoms with Crippen molar-refractivity contribution in [2.24, 2.45) is 5.11 Å². The van der Waals surface area contributed by atoms with E-state index in [9.17, 15) is 14.4 Å². The van der Waals surface area contributed by atoms with Gasteiger partial charge in [-0.25, -0.2) is 0 Å². The lowest BCUT2D eigenvalue weighted by Crippen LogP contribution is -2.41. The molecule has 0 heterocycles. The first-order valence-electron chi connectivity index (χ1n) is 7.85. The van der Waals surface area contributed by atoms with Crippen molar-refractivity contribution < 1.29 is 34.1 Å². The van der Waals surface area contributed by atoms with E-state index < -0.39 is 18.0 Å². The van der Waals surface area contributed by atoms with E-state index in [2.05, 4.69) is 15.3 Å². The van der Waals surface area contributed by atoms with Crippen molar-refractivity contribution in [3.63, 3.8) is 0 Å². The van der Waals surface area contributed by atoms with Gasteiger partial charge in [0.2, 0.25) is 5.91 Å². The number of carboxylic acid groups (broad SMARTS) is 2. The molecule has 0 bridgehead atoms. The molecule has 3 N–H and O–H groups in total. The number of rotatable bonds is 16. The van der Waals surface area contributed by atoms with Gasteiger partial charge in [-0.1, -0.05) is 5.11 Å². The fourth-order valence-corrected chi connectivity index (χ4v) is 1.71. The molecular formula is C14H24N4O7. The maximum absolute atomic E-state index is 11.9. The van der Waals surface area contributed by atoms with Crippen LogP contribution in [0.3, 0.4) is 0 Å². The smallest absolute Gasteiger partial charge is 0.305 e. The van der Waals surface area contributed by atoms with Crippen molar-refractivity contribution >= 4 is 17.8 Å². The Balaban J connectivity index is 4.15. The van der Waals surface area contributed by atoms with Crippen molar-refractivity contribution in [2.75, 3.05) is 33.0 Å². The Labute approximate surface area is 144 Å². The molecule has 0 aliphatic carbocycles. The van der Waals surface area contributed by atoms with Crippen LogP contribution < -0.4 is 5.32 Å². The summed E-state index contributed by atoms with van der Waals surface area (Å²) in [6.45, 7) is 0.450. The number of azide groups is 1. The number of amides is 1. The average molecular weight is 360 g/mol. The Kier molecular flexibility index (Phi) is 13.8. The van der Waals surface area contributed by atoms with Gasteiger partial charge in [0, 0.05) is 17.9 Å². The van der Waals surface area contributed by atoms with Gasteiger partial charge < -0.3 is 25.0 Å². The predicted molar refractivity (Wildman–Crippen MR) is 85.9 cm³/mol. The molecule has 0 rings (SSSR count). The Morgan fingerprint density at radius 1 is 1.00 bits per heavy atom. The molecule has 142 valence electrons. The van der Waals surface area contributed by atoms with Gasteiger partial charge >= 0.3 is 11.9 Å². The molecule has 0 atom stereocenters. The number of aliphatic carboxylic acids is 2. The summed E-state index contributed by atoms with van der Waals surface area (Å²) in [5, 5.41) is 23.2. The number of hydrogen-bond acceptors (Lipinski definition) is 6. The third-order valence-electron chi connectivity index (χ3n) is 2.90. The number of carbonyl (C=O) groups excluding carboxylic acids is 1. The maximum Gasteiger partial charge on any atom is 0.305 e. The van der Waals surface area contributed by atoms with E-state index in [0.717, 1.165) is 0 Å². The highest BCUT2D eigenvalue weighted by Crippen LogP contribution is 1.99. The van der Waals surface area contributed by atoms with Gasteiger partial charge in [-0.15, -0.1) is 0 Å². The van der Waals surface area contributed by atoms with Crippen LogP contribution in [0.25, 0.3) is 10.4 Å². The SMILES string of the molecule is [N-]=[N+]=NCCCCC(=O)NC(COCCC(=O)O)COCCC(=O)O. The molecule has 0 aromatic carbocycles. The molecule has 0 unspecified atom stereocenters. The van der Waals surface area contributed by atoms with Crippen LogP contribution in [0.1, 0.15) is 32.1 Å². The van der Waals surface area contributed by atoms with Crippen molar-refractivity contribution in [3.8, 4) is 0 Å². The standard InChI is InChI=1S/C14H24N4O7/c15-18-16-6-2-1-3-12(19)17-11(9-24-7-4-13(20)21)10-25-8-5-14(22)23/h11H,1-10H2,(H,17,19)(H,20,21)(H,22,23). The molecule has 0 spiro atoms. The fourth-order valence-electron chi connectivity index (χ4n) is 1.71. The third kappa shape index (κ3) is 16.3. The summed E-state index contributed by atoms with van der Waals surface area (Å²) in [6, 6.07) is -0.507. The fraction of sp³-hybridized carbons (Fsp3) is 0.786. The van der Waals surface area contributed by atoms with Crippen LogP contribution in [0.2, 0.25) is 0 Å². The minimum absolute atomic E-state index is 0.00297. The largest absolute Gasteiger partial charge is 0.481 e. The number of nitrogens with zero attached hydrogens (tertiary/aromatic N) is 3. The zero-order valence-electron chi connectivity index (χ0n) is 13.9. The maximum atomic E-state index is 11.9. The quantitative estimate of drug-likeness (QED) is 0.159. The highest BCUT2D eigenvalue weighted by atomic mass is 16.5. The molecule has 0 aliphatic rings. The summed E-state index contributed by atoms with van der Waals surface area (Å²) in [4.78, 5) is 35.3. The molecule has 25 heavy (non-hydrogen) atoms. The van der Waals surface area contributed by atoms with E-state index in [1.807, 2.05) is 0 Å². The summed E-state index contributed by atoms with van der Waals surface area (Å²) < 4.78 is 10.4. The zero-order valence-corrected chi connectivity index (χ0v) is 13.9. The monoisotopic (exact) mass is 360 g/mol. The Morgan fingerprint density at radius 2 is 1.56 bits per heavy atom. The van der Waals surface area contributed by atoms with Gasteiger partial charge in [0.25, 0.3) is 0 Å². The lowest BCUT2D eigenvalue weighted by atomic mass is 10.2. The molecule has 0 fully saturated rings. The minimum Gasteiger partial charge on any atom is -0.481 e. The number of unbranched alkanes of at least 4 members (excludes halogenated alkanes) is 1. The second-order valence-corrected chi connectivity index (χ2v) is 5.11. The third-order valence-corrected chi connectivity index (χ3v) is 2.90. The minimum atomic E-state index is -0.988. The molecule has 0 aliphatic heterocycles. The van der Waals surface area contributed by atoms with Crippen LogP contribution in [0.4, 0.5) is 0 Å². The molecular weight excluding hydrogens is 336 g/mol. The molecule has 1 amide bonds. The van der Waals surface area contributed by atoms with Crippen LogP contribution in [0.15, 0.2) is 5.11 Å². The Morgan fingerprint density at radius 3 is 2.04 bits per heavy atom. The van der Waals surface area contributed by atoms with E-state index in [1.54, 1.807) is 0 Å². The second-order valence-electron chi connectivity index (χ2n) is 5.11. The number of hydrogen-bond donors (Lipinski definition) is 3. The summed E-state index contributed by atoms with van der Waals surface area (Å²) in [5.74, 6) is -2.22. The number of nitrogens with one attached hydrogen (secondary N) is 1. The van der Waals surface area contributed by atoms with Crippen LogP contribution in [-0.4, -0.2) is 67.1 Å². The molecule has 0 aromatic heterocycles. The highest BCUT2D eigenvalue weighted by molar-refractivity contribution is 5.76. The number of carbonyl (C=O) groups is 3. The van der Waals surface area contributed by atoms with Crippen molar-refractivity contribution in [3.05, 3.63) is 10.4 Å². The van der Waals surface area contributed by atoms with E-state index in [1.165, 1.54) is 0 Å².